The zero-order chi connectivity index (χ0) is 7.84. The molecule has 1 aliphatic heterocycles. The highest BCUT2D eigenvalue weighted by Gasteiger charge is 2.39. The van der Waals surface area contributed by atoms with Crippen molar-refractivity contribution in [2.45, 2.75) is 25.7 Å². The first kappa shape index (κ1) is 7.14. The van der Waals surface area contributed by atoms with Crippen molar-refractivity contribution >= 4 is 5.91 Å². The molecule has 2 rings (SSSR count). The van der Waals surface area contributed by atoms with Crippen molar-refractivity contribution in [3.63, 3.8) is 0 Å². The zero-order valence-electron chi connectivity index (χ0n) is 7.05. The number of fused-ring (bicyclic) bond motifs is 1. The molecule has 0 aromatic carbocycles. The fourth-order valence-electron chi connectivity index (χ4n) is 2.48. The second-order valence-electron chi connectivity index (χ2n) is 3.87. The van der Waals surface area contributed by atoms with Crippen LogP contribution in [-0.2, 0) is 4.79 Å². The molecule has 11 heavy (non-hydrogen) atoms. The van der Waals surface area contributed by atoms with E-state index in [4.69, 9.17) is 0 Å². The SMILES string of the molecule is CN1C[C@@H]2CCCCC2C1=O. The van der Waals surface area contributed by atoms with Gasteiger partial charge in [0.2, 0.25) is 5.91 Å². The molecule has 0 spiro atoms. The van der Waals surface area contributed by atoms with Gasteiger partial charge in [-0.15, -0.1) is 0 Å². The zero-order valence-corrected chi connectivity index (χ0v) is 7.05. The van der Waals surface area contributed by atoms with Crippen LogP contribution in [0.5, 0.6) is 0 Å². The van der Waals surface area contributed by atoms with Gasteiger partial charge in [0.1, 0.15) is 0 Å². The van der Waals surface area contributed by atoms with Crippen molar-refractivity contribution in [3.8, 4) is 0 Å². The van der Waals surface area contributed by atoms with Gasteiger partial charge in [-0.25, -0.2) is 0 Å². The average molecular weight is 153 g/mol. The second kappa shape index (κ2) is 2.50. The third kappa shape index (κ3) is 1.05. The minimum atomic E-state index is 0.397. The maximum Gasteiger partial charge on any atom is 0.225 e. The van der Waals surface area contributed by atoms with Crippen LogP contribution in [0, 0.1) is 11.8 Å². The summed E-state index contributed by atoms with van der Waals surface area (Å²) in [6.45, 7) is 1.02. The molecule has 1 unspecified atom stereocenters. The third-order valence-corrected chi connectivity index (χ3v) is 3.11. The molecule has 0 aromatic heterocycles. The molecular weight excluding hydrogens is 138 g/mol. The largest absolute Gasteiger partial charge is 0.345 e. The highest BCUT2D eigenvalue weighted by atomic mass is 16.2. The molecule has 1 heterocycles. The number of amides is 1. The van der Waals surface area contributed by atoms with Gasteiger partial charge < -0.3 is 4.90 Å². The predicted molar refractivity (Wildman–Crippen MR) is 43.1 cm³/mol. The Balaban J connectivity index is 2.11. The topological polar surface area (TPSA) is 20.3 Å². The first-order valence-corrected chi connectivity index (χ1v) is 4.54. The van der Waals surface area contributed by atoms with Gasteiger partial charge in [-0.05, 0) is 18.8 Å². The summed E-state index contributed by atoms with van der Waals surface area (Å²) in [7, 11) is 1.93. The van der Waals surface area contributed by atoms with E-state index < -0.39 is 0 Å². The molecule has 1 saturated carbocycles. The predicted octanol–water partition coefficient (Wildman–Crippen LogP) is 1.26. The van der Waals surface area contributed by atoms with Crippen molar-refractivity contribution in [2.24, 2.45) is 11.8 Å². The summed E-state index contributed by atoms with van der Waals surface area (Å²) in [4.78, 5) is 13.4. The van der Waals surface area contributed by atoms with Crippen LogP contribution in [0.3, 0.4) is 0 Å². The molecule has 2 aliphatic rings. The van der Waals surface area contributed by atoms with Crippen LogP contribution in [0.4, 0.5) is 0 Å². The summed E-state index contributed by atoms with van der Waals surface area (Å²) < 4.78 is 0. The lowest BCUT2D eigenvalue weighted by molar-refractivity contribution is -0.130. The number of hydrogen-bond acceptors (Lipinski definition) is 1. The summed E-state index contributed by atoms with van der Waals surface area (Å²) in [6, 6.07) is 0. The normalized spacial score (nSPS) is 37.5. The van der Waals surface area contributed by atoms with Gasteiger partial charge in [0, 0.05) is 19.5 Å². The number of likely N-dealkylation sites (tertiary alicyclic amines) is 1. The maximum atomic E-state index is 11.5. The molecule has 1 saturated heterocycles. The molecule has 0 radical (unpaired) electrons. The Morgan fingerprint density at radius 3 is 2.82 bits per heavy atom. The fraction of sp³-hybridized carbons (Fsp3) is 0.889. The molecule has 2 nitrogen and oxygen atoms in total. The first-order chi connectivity index (χ1) is 5.29. The van der Waals surface area contributed by atoms with E-state index in [-0.39, 0.29) is 0 Å². The molecule has 2 atom stereocenters. The Morgan fingerprint density at radius 1 is 1.36 bits per heavy atom. The van der Waals surface area contributed by atoms with Crippen LogP contribution >= 0.6 is 0 Å². The van der Waals surface area contributed by atoms with Gasteiger partial charge in [0.05, 0.1) is 0 Å². The highest BCUT2D eigenvalue weighted by molar-refractivity contribution is 5.81. The Bertz CT molecular complexity index is 178. The monoisotopic (exact) mass is 153 g/mol. The van der Waals surface area contributed by atoms with E-state index in [0.29, 0.717) is 17.7 Å². The Morgan fingerprint density at radius 2 is 2.09 bits per heavy atom. The van der Waals surface area contributed by atoms with E-state index in [9.17, 15) is 4.79 Å². The standard InChI is InChI=1S/C9H15NO/c1-10-6-7-4-2-3-5-8(7)9(10)11/h7-8H,2-6H2,1H3/t7-,8?/m0/s1. The summed E-state index contributed by atoms with van der Waals surface area (Å²) >= 11 is 0. The van der Waals surface area contributed by atoms with Crippen LogP contribution < -0.4 is 0 Å². The summed E-state index contributed by atoms with van der Waals surface area (Å²) in [5.41, 5.74) is 0. The summed E-state index contributed by atoms with van der Waals surface area (Å²) in [5.74, 6) is 1.49. The van der Waals surface area contributed by atoms with Crippen LogP contribution in [0.2, 0.25) is 0 Å². The van der Waals surface area contributed by atoms with Gasteiger partial charge in [-0.1, -0.05) is 12.8 Å². The Hall–Kier alpha value is -0.530. The minimum Gasteiger partial charge on any atom is -0.345 e. The highest BCUT2D eigenvalue weighted by Crippen LogP contribution is 2.35. The first-order valence-electron chi connectivity index (χ1n) is 4.54. The van der Waals surface area contributed by atoms with E-state index in [1.807, 2.05) is 11.9 Å². The van der Waals surface area contributed by atoms with Crippen molar-refractivity contribution in [1.82, 2.24) is 4.90 Å². The lowest BCUT2D eigenvalue weighted by Gasteiger charge is -2.21. The number of rotatable bonds is 0. The van der Waals surface area contributed by atoms with E-state index in [0.717, 1.165) is 13.0 Å². The molecule has 2 fully saturated rings. The van der Waals surface area contributed by atoms with Crippen molar-refractivity contribution in [3.05, 3.63) is 0 Å². The smallest absolute Gasteiger partial charge is 0.225 e. The molecule has 2 heteroatoms. The van der Waals surface area contributed by atoms with Crippen LogP contribution in [0.1, 0.15) is 25.7 Å². The van der Waals surface area contributed by atoms with Crippen LogP contribution in [-0.4, -0.2) is 24.4 Å². The number of nitrogens with zero attached hydrogens (tertiary/aromatic N) is 1. The average Bonchev–Trinajstić information content (AvgIpc) is 2.30. The van der Waals surface area contributed by atoms with Gasteiger partial charge in [-0.3, -0.25) is 4.79 Å². The quantitative estimate of drug-likeness (QED) is 0.513. The molecule has 1 aliphatic carbocycles. The molecule has 0 N–H and O–H groups in total. The maximum absolute atomic E-state index is 11.5. The van der Waals surface area contributed by atoms with Gasteiger partial charge in [-0.2, -0.15) is 0 Å². The van der Waals surface area contributed by atoms with E-state index >= 15 is 0 Å². The van der Waals surface area contributed by atoms with Crippen molar-refractivity contribution in [2.75, 3.05) is 13.6 Å². The van der Waals surface area contributed by atoms with Crippen LogP contribution in [0.15, 0.2) is 0 Å². The van der Waals surface area contributed by atoms with Gasteiger partial charge in [0.25, 0.3) is 0 Å². The third-order valence-electron chi connectivity index (χ3n) is 3.11. The Labute approximate surface area is 67.6 Å². The molecular formula is C9H15NO. The van der Waals surface area contributed by atoms with Crippen LogP contribution in [0.25, 0.3) is 0 Å². The number of hydrogen-bond donors (Lipinski definition) is 0. The summed E-state index contributed by atoms with van der Waals surface area (Å²) in [6.07, 6.45) is 5.03. The Kier molecular flexibility index (Phi) is 1.63. The fourth-order valence-corrected chi connectivity index (χ4v) is 2.48. The minimum absolute atomic E-state index is 0.397. The lowest BCUT2D eigenvalue weighted by atomic mass is 9.81. The van der Waals surface area contributed by atoms with Gasteiger partial charge >= 0.3 is 0 Å². The number of carbonyl (C=O) groups excluding carboxylic acids is 1. The van der Waals surface area contributed by atoms with E-state index in [2.05, 4.69) is 0 Å². The van der Waals surface area contributed by atoms with Crippen molar-refractivity contribution in [1.29, 1.82) is 0 Å². The van der Waals surface area contributed by atoms with Gasteiger partial charge in [0.15, 0.2) is 0 Å². The molecule has 1 amide bonds. The molecule has 0 aromatic rings. The van der Waals surface area contributed by atoms with E-state index in [1.165, 1.54) is 19.3 Å². The van der Waals surface area contributed by atoms with Crippen molar-refractivity contribution < 1.29 is 4.79 Å². The summed E-state index contributed by atoms with van der Waals surface area (Å²) in [5, 5.41) is 0. The lowest BCUT2D eigenvalue weighted by Crippen LogP contribution is -2.23. The van der Waals surface area contributed by atoms with E-state index in [1.54, 1.807) is 0 Å². The number of carbonyl (C=O) groups is 1. The molecule has 0 bridgehead atoms. The second-order valence-corrected chi connectivity index (χ2v) is 3.87. The molecule has 62 valence electrons.